The lowest BCUT2D eigenvalue weighted by Gasteiger charge is -2.43. The Bertz CT molecular complexity index is 1160. The number of pyridine rings is 1. The van der Waals surface area contributed by atoms with Crippen LogP contribution < -0.4 is 25.7 Å². The van der Waals surface area contributed by atoms with Crippen LogP contribution in [0.4, 0.5) is 10.5 Å². The van der Waals surface area contributed by atoms with Crippen molar-refractivity contribution < 1.29 is 19.1 Å². The molecule has 0 aliphatic carbocycles. The third-order valence-corrected chi connectivity index (χ3v) is 6.80. The molecule has 34 heavy (non-hydrogen) atoms. The van der Waals surface area contributed by atoms with E-state index in [2.05, 4.69) is 10.6 Å². The van der Waals surface area contributed by atoms with E-state index in [1.165, 1.54) is 0 Å². The highest BCUT2D eigenvalue weighted by molar-refractivity contribution is 5.97. The summed E-state index contributed by atoms with van der Waals surface area (Å²) in [6.07, 6.45) is 0.964. The Balaban J connectivity index is 1.26. The average molecular weight is 467 g/mol. The highest BCUT2D eigenvalue weighted by atomic mass is 16.6. The van der Waals surface area contributed by atoms with Gasteiger partial charge in [-0.15, -0.1) is 0 Å². The maximum Gasteiger partial charge on any atom is 0.318 e. The summed E-state index contributed by atoms with van der Waals surface area (Å²) in [4.78, 5) is 40.3. The second kappa shape index (κ2) is 9.04. The first-order valence-electron chi connectivity index (χ1n) is 11.8. The van der Waals surface area contributed by atoms with Crippen LogP contribution >= 0.6 is 0 Å². The first-order valence-corrected chi connectivity index (χ1v) is 11.8. The van der Waals surface area contributed by atoms with Gasteiger partial charge in [-0.2, -0.15) is 0 Å². The van der Waals surface area contributed by atoms with Crippen molar-refractivity contribution in [1.82, 2.24) is 14.8 Å². The smallest absolute Gasteiger partial charge is 0.318 e. The molecular formula is C25H30N4O5. The second-order valence-electron chi connectivity index (χ2n) is 9.62. The number of anilines is 1. The molecule has 5 rings (SSSR count). The van der Waals surface area contributed by atoms with Crippen LogP contribution in [0, 0.1) is 11.8 Å². The topological polar surface area (TPSA) is 102 Å². The van der Waals surface area contributed by atoms with E-state index in [4.69, 9.17) is 9.47 Å². The van der Waals surface area contributed by atoms with Crippen molar-refractivity contribution in [3.05, 3.63) is 52.4 Å². The highest BCUT2D eigenvalue weighted by Gasteiger charge is 2.37. The van der Waals surface area contributed by atoms with E-state index in [1.54, 1.807) is 35.2 Å². The number of piperidine rings is 1. The first-order chi connectivity index (χ1) is 16.4. The van der Waals surface area contributed by atoms with Gasteiger partial charge in [0.1, 0.15) is 19.3 Å². The van der Waals surface area contributed by atoms with Crippen LogP contribution in [0.1, 0.15) is 31.9 Å². The lowest BCUT2D eigenvalue weighted by atomic mass is 9.83. The Hall–Kier alpha value is -3.49. The minimum Gasteiger partial charge on any atom is -0.486 e. The summed E-state index contributed by atoms with van der Waals surface area (Å²) in [5, 5.41) is 5.84. The quantitative estimate of drug-likeness (QED) is 0.721. The van der Waals surface area contributed by atoms with Crippen LogP contribution in [0.25, 0.3) is 0 Å². The van der Waals surface area contributed by atoms with Crippen molar-refractivity contribution in [2.24, 2.45) is 11.8 Å². The van der Waals surface area contributed by atoms with Crippen LogP contribution in [0.2, 0.25) is 0 Å². The first kappa shape index (κ1) is 22.3. The van der Waals surface area contributed by atoms with Crippen LogP contribution in [0.5, 0.6) is 11.5 Å². The van der Waals surface area contributed by atoms with Crippen molar-refractivity contribution >= 4 is 17.6 Å². The number of hydrogen-bond acceptors (Lipinski definition) is 5. The molecule has 1 saturated heterocycles. The Labute approximate surface area is 198 Å². The van der Waals surface area contributed by atoms with Gasteiger partial charge in [0.05, 0.1) is 0 Å². The van der Waals surface area contributed by atoms with Crippen molar-refractivity contribution in [2.45, 2.75) is 38.8 Å². The van der Waals surface area contributed by atoms with Gasteiger partial charge in [0, 0.05) is 49.1 Å². The Morgan fingerprint density at radius 1 is 1.03 bits per heavy atom. The molecule has 2 aromatic rings. The summed E-state index contributed by atoms with van der Waals surface area (Å²) in [6, 6.07) is 9.65. The molecule has 3 amide bonds. The number of ether oxygens (including phenoxy) is 2. The van der Waals surface area contributed by atoms with Crippen molar-refractivity contribution in [1.29, 1.82) is 0 Å². The number of amides is 3. The summed E-state index contributed by atoms with van der Waals surface area (Å²) in [6.45, 7) is 6.49. The zero-order chi connectivity index (χ0) is 23.8. The fraction of sp³-hybridized carbons (Fsp3) is 0.480. The summed E-state index contributed by atoms with van der Waals surface area (Å²) in [5.74, 6) is 1.20. The lowest BCUT2D eigenvalue weighted by molar-refractivity contribution is -0.118. The van der Waals surface area contributed by atoms with E-state index < -0.39 is 6.04 Å². The normalized spacial score (nSPS) is 21.4. The standard InChI is InChI=1S/C25H30N4O5/c1-15(2)23(24(31)26-18-6-7-20-21(11-18)34-9-8-33-20)27-25(32)28-12-16-10-17(14-28)19-4-3-5-22(30)29(19)13-16/h3-7,11,15-17,23H,8-10,12-14H2,1-2H3,(H,26,31)(H,27,32)/t16?,17?,23-/m0/s1. The third-order valence-electron chi connectivity index (χ3n) is 6.80. The number of aromatic nitrogens is 1. The van der Waals surface area contributed by atoms with E-state index in [0.717, 1.165) is 12.1 Å². The largest absolute Gasteiger partial charge is 0.486 e. The SMILES string of the molecule is CC(C)[C@H](NC(=O)N1CC2CC(C1)c1cccc(=O)n1C2)C(=O)Nc1ccc2c(c1)OCCO2. The number of urea groups is 1. The second-order valence-corrected chi connectivity index (χ2v) is 9.62. The molecule has 1 fully saturated rings. The van der Waals surface area contributed by atoms with Gasteiger partial charge in [0.15, 0.2) is 11.5 Å². The van der Waals surface area contributed by atoms with Gasteiger partial charge >= 0.3 is 6.03 Å². The fourth-order valence-electron chi connectivity index (χ4n) is 5.16. The predicted octanol–water partition coefficient (Wildman–Crippen LogP) is 2.41. The lowest BCUT2D eigenvalue weighted by Crippen LogP contribution is -2.56. The number of carbonyl (C=O) groups is 2. The number of likely N-dealkylation sites (tertiary alicyclic amines) is 1. The van der Waals surface area contributed by atoms with Gasteiger partial charge < -0.3 is 29.6 Å². The zero-order valence-corrected chi connectivity index (χ0v) is 19.5. The molecule has 1 aromatic heterocycles. The van der Waals surface area contributed by atoms with Crippen molar-refractivity contribution in [3.63, 3.8) is 0 Å². The van der Waals surface area contributed by atoms with Crippen molar-refractivity contribution in [3.8, 4) is 11.5 Å². The molecule has 2 N–H and O–H groups in total. The molecule has 3 atom stereocenters. The Morgan fingerprint density at radius 3 is 2.62 bits per heavy atom. The molecule has 1 aromatic carbocycles. The number of fused-ring (bicyclic) bond motifs is 5. The molecule has 3 aliphatic rings. The molecular weight excluding hydrogens is 436 g/mol. The van der Waals surface area contributed by atoms with Crippen LogP contribution in [-0.4, -0.2) is 53.8 Å². The Kier molecular flexibility index (Phi) is 5.93. The molecule has 9 heteroatoms. The number of carbonyl (C=O) groups excluding carboxylic acids is 2. The molecule has 2 bridgehead atoms. The third kappa shape index (κ3) is 4.34. The molecule has 0 radical (unpaired) electrons. The predicted molar refractivity (Wildman–Crippen MR) is 126 cm³/mol. The zero-order valence-electron chi connectivity index (χ0n) is 19.5. The molecule has 0 spiro atoms. The van der Waals surface area contributed by atoms with Gasteiger partial charge in [0.2, 0.25) is 5.91 Å². The number of benzene rings is 1. The molecule has 2 unspecified atom stereocenters. The van der Waals surface area contributed by atoms with E-state index >= 15 is 0 Å². The monoisotopic (exact) mass is 466 g/mol. The van der Waals surface area contributed by atoms with Crippen molar-refractivity contribution in [2.75, 3.05) is 31.6 Å². The van der Waals surface area contributed by atoms with Gasteiger partial charge in [-0.1, -0.05) is 19.9 Å². The minimum atomic E-state index is -0.697. The van der Waals surface area contributed by atoms with Crippen LogP contribution in [0.15, 0.2) is 41.2 Å². The van der Waals surface area contributed by atoms with E-state index in [0.29, 0.717) is 50.0 Å². The van der Waals surface area contributed by atoms with Gasteiger partial charge in [-0.25, -0.2) is 4.79 Å². The van der Waals surface area contributed by atoms with Gasteiger partial charge in [-0.3, -0.25) is 9.59 Å². The number of rotatable bonds is 4. The maximum atomic E-state index is 13.2. The van der Waals surface area contributed by atoms with Crippen LogP contribution in [0.3, 0.4) is 0 Å². The van der Waals surface area contributed by atoms with E-state index in [1.807, 2.05) is 24.5 Å². The number of nitrogens with one attached hydrogen (secondary N) is 2. The number of hydrogen-bond donors (Lipinski definition) is 2. The fourth-order valence-corrected chi connectivity index (χ4v) is 5.16. The van der Waals surface area contributed by atoms with Gasteiger partial charge in [0.25, 0.3) is 5.56 Å². The van der Waals surface area contributed by atoms with Crippen LogP contribution in [-0.2, 0) is 11.3 Å². The molecule has 4 heterocycles. The average Bonchev–Trinajstić information content (AvgIpc) is 2.82. The highest BCUT2D eigenvalue weighted by Crippen LogP contribution is 2.35. The minimum absolute atomic E-state index is 0.0146. The Morgan fingerprint density at radius 2 is 1.82 bits per heavy atom. The maximum absolute atomic E-state index is 13.2. The summed E-state index contributed by atoms with van der Waals surface area (Å²) < 4.78 is 13.0. The van der Waals surface area contributed by atoms with E-state index in [-0.39, 0.29) is 35.3 Å². The number of nitrogens with zero attached hydrogens (tertiary/aromatic N) is 2. The van der Waals surface area contributed by atoms with Gasteiger partial charge in [-0.05, 0) is 36.5 Å². The summed E-state index contributed by atoms with van der Waals surface area (Å²) in [5.41, 5.74) is 1.59. The summed E-state index contributed by atoms with van der Waals surface area (Å²) in [7, 11) is 0. The van der Waals surface area contributed by atoms with E-state index in [9.17, 15) is 14.4 Å². The molecule has 180 valence electrons. The molecule has 0 saturated carbocycles. The summed E-state index contributed by atoms with van der Waals surface area (Å²) >= 11 is 0. The molecule has 3 aliphatic heterocycles. The molecule has 9 nitrogen and oxygen atoms in total.